The minimum Gasteiger partial charge on any atom is -0.351 e. The number of carbonyl (C=O) groups excluding carboxylic acids is 2. The number of para-hydroxylation sites is 1. The Morgan fingerprint density at radius 2 is 1.81 bits per heavy atom. The number of hydrogen-bond acceptors (Lipinski definition) is 6. The van der Waals surface area contributed by atoms with Gasteiger partial charge in [-0.3, -0.25) is 14.5 Å². The topological polar surface area (TPSA) is 93.0 Å². The number of nitrogens with one attached hydrogen (secondary N) is 1. The molecule has 0 bridgehead atoms. The monoisotopic (exact) mass is 522 g/mol. The van der Waals surface area contributed by atoms with Gasteiger partial charge in [-0.2, -0.15) is 4.80 Å². The van der Waals surface area contributed by atoms with Crippen LogP contribution >= 0.6 is 11.3 Å². The number of halogens is 2. The van der Waals surface area contributed by atoms with E-state index in [-0.39, 0.29) is 30.0 Å². The zero-order valence-corrected chi connectivity index (χ0v) is 20.6. The molecule has 2 amide bonds. The van der Waals surface area contributed by atoms with Crippen LogP contribution in [-0.4, -0.2) is 38.1 Å². The summed E-state index contributed by atoms with van der Waals surface area (Å²) in [4.78, 5) is 30.2. The molecule has 2 aromatic carbocycles. The van der Waals surface area contributed by atoms with Crippen LogP contribution in [0.25, 0.3) is 11.4 Å². The Morgan fingerprint density at radius 1 is 1.05 bits per heavy atom. The number of amides is 2. The molecule has 8 nitrogen and oxygen atoms in total. The van der Waals surface area contributed by atoms with Crippen molar-refractivity contribution in [2.45, 2.75) is 44.3 Å². The van der Waals surface area contributed by atoms with Crippen LogP contribution in [0.4, 0.5) is 14.5 Å². The molecule has 1 aliphatic rings. The van der Waals surface area contributed by atoms with Crippen LogP contribution in [0, 0.1) is 11.6 Å². The van der Waals surface area contributed by atoms with Crippen LogP contribution in [0.5, 0.6) is 0 Å². The van der Waals surface area contributed by atoms with Gasteiger partial charge in [-0.25, -0.2) is 8.78 Å². The highest BCUT2D eigenvalue weighted by Crippen LogP contribution is 2.33. The minimum absolute atomic E-state index is 0.0165. The van der Waals surface area contributed by atoms with Crippen molar-refractivity contribution in [1.29, 1.82) is 0 Å². The maximum atomic E-state index is 15.1. The van der Waals surface area contributed by atoms with Crippen molar-refractivity contribution in [1.82, 2.24) is 25.5 Å². The molecule has 0 spiro atoms. The number of benzene rings is 2. The number of aromatic nitrogens is 4. The number of anilines is 1. The van der Waals surface area contributed by atoms with Gasteiger partial charge in [0.25, 0.3) is 5.91 Å². The molecule has 2 heterocycles. The van der Waals surface area contributed by atoms with Crippen molar-refractivity contribution in [3.63, 3.8) is 0 Å². The predicted octanol–water partition coefficient (Wildman–Crippen LogP) is 4.51. The van der Waals surface area contributed by atoms with Gasteiger partial charge < -0.3 is 5.32 Å². The standard InChI is InChI=1S/C26H24F2N6O2S/c27-18-13-11-17(12-14-18)25-30-32-33(31-25)16-23(35)34(21-9-4-3-8-20(21)28)24(22-10-5-15-37-22)26(36)29-19-6-1-2-7-19/h3-5,8-15,19,24H,1-2,6-7,16H2,(H,29,36). The zero-order valence-electron chi connectivity index (χ0n) is 19.8. The third-order valence-electron chi connectivity index (χ3n) is 6.23. The molecule has 1 N–H and O–H groups in total. The largest absolute Gasteiger partial charge is 0.351 e. The van der Waals surface area contributed by atoms with E-state index < -0.39 is 23.6 Å². The van der Waals surface area contributed by atoms with E-state index in [0.717, 1.165) is 30.5 Å². The lowest BCUT2D eigenvalue weighted by Crippen LogP contribution is -2.47. The summed E-state index contributed by atoms with van der Waals surface area (Å²) >= 11 is 1.31. The highest BCUT2D eigenvalue weighted by atomic mass is 32.1. The van der Waals surface area contributed by atoms with Gasteiger partial charge in [-0.15, -0.1) is 21.5 Å². The van der Waals surface area contributed by atoms with Gasteiger partial charge in [0.2, 0.25) is 11.7 Å². The van der Waals surface area contributed by atoms with Gasteiger partial charge in [-0.05, 0) is 65.9 Å². The van der Waals surface area contributed by atoms with Crippen LogP contribution in [-0.2, 0) is 16.1 Å². The van der Waals surface area contributed by atoms with E-state index in [1.807, 2.05) is 5.38 Å². The SMILES string of the molecule is O=C(NC1CCCC1)C(c1cccs1)N(C(=O)Cn1nnc(-c2ccc(F)cc2)n1)c1ccccc1F. The molecule has 0 aliphatic heterocycles. The number of nitrogens with zero attached hydrogens (tertiary/aromatic N) is 5. The van der Waals surface area contributed by atoms with E-state index >= 15 is 4.39 Å². The highest BCUT2D eigenvalue weighted by Gasteiger charge is 2.36. The van der Waals surface area contributed by atoms with Crippen molar-refractivity contribution in [3.8, 4) is 11.4 Å². The fourth-order valence-electron chi connectivity index (χ4n) is 4.46. The summed E-state index contributed by atoms with van der Waals surface area (Å²) in [5.74, 6) is -1.79. The lowest BCUT2D eigenvalue weighted by molar-refractivity contribution is -0.127. The van der Waals surface area contributed by atoms with Crippen molar-refractivity contribution >= 4 is 28.8 Å². The van der Waals surface area contributed by atoms with Crippen molar-refractivity contribution in [3.05, 3.63) is 82.6 Å². The molecule has 1 fully saturated rings. The molecule has 5 rings (SSSR count). The zero-order chi connectivity index (χ0) is 25.8. The Balaban J connectivity index is 1.48. The number of tetrazole rings is 1. The first-order valence-electron chi connectivity index (χ1n) is 11.9. The highest BCUT2D eigenvalue weighted by molar-refractivity contribution is 7.10. The summed E-state index contributed by atoms with van der Waals surface area (Å²) in [5.41, 5.74) is 0.504. The second-order valence-corrected chi connectivity index (χ2v) is 9.75. The van der Waals surface area contributed by atoms with Crippen LogP contribution in [0.15, 0.2) is 66.0 Å². The van der Waals surface area contributed by atoms with E-state index in [1.165, 1.54) is 58.7 Å². The second kappa shape index (κ2) is 11.0. The van der Waals surface area contributed by atoms with E-state index in [2.05, 4.69) is 20.7 Å². The van der Waals surface area contributed by atoms with Crippen molar-refractivity contribution in [2.24, 2.45) is 0 Å². The minimum atomic E-state index is -1.08. The normalized spacial score (nSPS) is 14.4. The molecule has 1 atom stereocenters. The first kappa shape index (κ1) is 24.7. The molecule has 4 aromatic rings. The maximum absolute atomic E-state index is 15.1. The fourth-order valence-corrected chi connectivity index (χ4v) is 5.27. The lowest BCUT2D eigenvalue weighted by atomic mass is 10.1. The molecule has 190 valence electrons. The number of thiophene rings is 1. The molecule has 1 saturated carbocycles. The fraction of sp³-hybridized carbons (Fsp3) is 0.269. The Morgan fingerprint density at radius 3 is 2.51 bits per heavy atom. The van der Waals surface area contributed by atoms with Crippen LogP contribution in [0.1, 0.15) is 36.6 Å². The first-order valence-corrected chi connectivity index (χ1v) is 12.8. The smallest absolute Gasteiger partial charge is 0.251 e. The Labute approximate surface area is 215 Å². The van der Waals surface area contributed by atoms with E-state index in [4.69, 9.17) is 0 Å². The van der Waals surface area contributed by atoms with Gasteiger partial charge >= 0.3 is 0 Å². The maximum Gasteiger partial charge on any atom is 0.251 e. The average molecular weight is 523 g/mol. The van der Waals surface area contributed by atoms with Gasteiger partial charge in [-0.1, -0.05) is 31.0 Å². The molecule has 11 heteroatoms. The summed E-state index contributed by atoms with van der Waals surface area (Å²) in [6, 6.07) is 13.9. The molecule has 0 saturated heterocycles. The number of rotatable bonds is 8. The third-order valence-corrected chi connectivity index (χ3v) is 7.16. The third kappa shape index (κ3) is 5.56. The second-order valence-electron chi connectivity index (χ2n) is 8.77. The van der Waals surface area contributed by atoms with Crippen molar-refractivity contribution in [2.75, 3.05) is 4.90 Å². The van der Waals surface area contributed by atoms with Gasteiger partial charge in [0.15, 0.2) is 0 Å². The summed E-state index contributed by atoms with van der Waals surface area (Å²) in [6.07, 6.45) is 3.79. The molecular formula is C26H24F2N6O2S. The quantitative estimate of drug-likeness (QED) is 0.368. The van der Waals surface area contributed by atoms with Crippen LogP contribution < -0.4 is 10.2 Å². The predicted molar refractivity (Wildman–Crippen MR) is 135 cm³/mol. The Hall–Kier alpha value is -3.99. The van der Waals surface area contributed by atoms with Crippen molar-refractivity contribution < 1.29 is 18.4 Å². The lowest BCUT2D eigenvalue weighted by Gasteiger charge is -2.31. The van der Waals surface area contributed by atoms with E-state index in [0.29, 0.717) is 10.4 Å². The van der Waals surface area contributed by atoms with E-state index in [1.54, 1.807) is 18.2 Å². The van der Waals surface area contributed by atoms with Gasteiger partial charge in [0.1, 0.15) is 24.2 Å². The summed E-state index contributed by atoms with van der Waals surface area (Å²) in [7, 11) is 0. The number of hydrogen-bond donors (Lipinski definition) is 1. The molecule has 1 aliphatic carbocycles. The average Bonchev–Trinajstić information content (AvgIpc) is 3.67. The Bertz CT molecular complexity index is 1370. The van der Waals surface area contributed by atoms with Gasteiger partial charge in [0.05, 0.1) is 5.69 Å². The Kier molecular flexibility index (Phi) is 7.31. The summed E-state index contributed by atoms with van der Waals surface area (Å²) in [6.45, 7) is -0.388. The molecule has 37 heavy (non-hydrogen) atoms. The molecule has 2 aromatic heterocycles. The number of carbonyl (C=O) groups is 2. The van der Waals surface area contributed by atoms with Crippen LogP contribution in [0.3, 0.4) is 0 Å². The summed E-state index contributed by atoms with van der Waals surface area (Å²) < 4.78 is 28.3. The summed E-state index contributed by atoms with van der Waals surface area (Å²) in [5, 5.41) is 17.0. The van der Waals surface area contributed by atoms with E-state index in [9.17, 15) is 14.0 Å². The molecular weight excluding hydrogens is 498 g/mol. The molecule has 1 unspecified atom stereocenters. The first-order chi connectivity index (χ1) is 18.0. The van der Waals surface area contributed by atoms with Crippen LogP contribution in [0.2, 0.25) is 0 Å². The van der Waals surface area contributed by atoms with Gasteiger partial charge in [0, 0.05) is 16.5 Å². The molecule has 0 radical (unpaired) electrons.